The summed E-state index contributed by atoms with van der Waals surface area (Å²) in [4.78, 5) is 21.2. The Morgan fingerprint density at radius 1 is 1.21 bits per heavy atom. The van der Waals surface area contributed by atoms with Crippen LogP contribution in [0.1, 0.15) is 41.6 Å². The number of nitrogens with one attached hydrogen (secondary N) is 1. The third-order valence-electron chi connectivity index (χ3n) is 6.51. The number of nitrogens with zero attached hydrogens (tertiary/aromatic N) is 2. The number of hydrogen-bond acceptors (Lipinski definition) is 3. The van der Waals surface area contributed by atoms with Crippen molar-refractivity contribution in [2.75, 3.05) is 32.8 Å². The molecule has 0 spiro atoms. The molecule has 28 heavy (non-hydrogen) atoms. The Morgan fingerprint density at radius 3 is 2.71 bits per heavy atom. The molecule has 2 fully saturated rings. The van der Waals surface area contributed by atoms with Gasteiger partial charge in [-0.15, -0.1) is 0 Å². The van der Waals surface area contributed by atoms with Gasteiger partial charge in [0.25, 0.3) is 0 Å². The Hall–Kier alpha value is -1.85. The number of fused-ring (bicyclic) bond motifs is 1. The number of amides is 1. The second kappa shape index (κ2) is 7.88. The molecule has 1 unspecified atom stereocenters. The number of piperazine rings is 1. The van der Waals surface area contributed by atoms with E-state index in [1.807, 2.05) is 4.90 Å². The molecule has 1 aromatic carbocycles. The fraction of sp³-hybridized carbons (Fsp3) is 0.609. The maximum absolute atomic E-state index is 13.2. The van der Waals surface area contributed by atoms with Gasteiger partial charge >= 0.3 is 0 Å². The molecule has 0 radical (unpaired) electrons. The number of aromatic nitrogens is 1. The van der Waals surface area contributed by atoms with Crippen LogP contribution in [0.3, 0.4) is 0 Å². The molecular weight excluding hydrogens is 350 g/mol. The van der Waals surface area contributed by atoms with Crippen molar-refractivity contribution in [1.82, 2.24) is 14.8 Å². The van der Waals surface area contributed by atoms with Crippen LogP contribution >= 0.6 is 0 Å². The second-order valence-electron chi connectivity index (χ2n) is 8.85. The molecule has 0 bridgehead atoms. The highest BCUT2D eigenvalue weighted by Gasteiger charge is 2.33. The van der Waals surface area contributed by atoms with Crippen molar-refractivity contribution in [3.05, 3.63) is 34.5 Å². The number of aliphatic hydroxyl groups excluding tert-OH is 1. The second-order valence-corrected chi connectivity index (χ2v) is 8.85. The Labute approximate surface area is 167 Å². The molecule has 5 heteroatoms. The van der Waals surface area contributed by atoms with Crippen molar-refractivity contribution >= 4 is 16.8 Å². The lowest BCUT2D eigenvalue weighted by Crippen LogP contribution is -2.55. The van der Waals surface area contributed by atoms with Gasteiger partial charge in [0.15, 0.2) is 0 Å². The number of H-pyrrole nitrogens is 1. The van der Waals surface area contributed by atoms with Gasteiger partial charge in [-0.2, -0.15) is 0 Å². The first-order chi connectivity index (χ1) is 13.5. The van der Waals surface area contributed by atoms with Crippen LogP contribution in [-0.4, -0.2) is 64.6 Å². The minimum Gasteiger partial charge on any atom is -0.396 e. The number of hydrogen-bond donors (Lipinski definition) is 2. The third-order valence-corrected chi connectivity index (χ3v) is 6.51. The Balaban J connectivity index is 1.49. The van der Waals surface area contributed by atoms with Gasteiger partial charge in [0.1, 0.15) is 0 Å². The molecule has 1 aromatic heterocycles. The molecule has 2 aliphatic rings. The first kappa shape index (κ1) is 19.5. The highest BCUT2D eigenvalue weighted by atomic mass is 16.3. The van der Waals surface area contributed by atoms with Gasteiger partial charge in [-0.25, -0.2) is 0 Å². The summed E-state index contributed by atoms with van der Waals surface area (Å²) in [5.41, 5.74) is 5.84. The molecule has 2 aromatic rings. The molecule has 4 rings (SSSR count). The molecule has 2 heterocycles. The summed E-state index contributed by atoms with van der Waals surface area (Å²) >= 11 is 0. The van der Waals surface area contributed by atoms with E-state index in [2.05, 4.69) is 42.8 Å². The van der Waals surface area contributed by atoms with E-state index in [1.165, 1.54) is 29.4 Å². The third kappa shape index (κ3) is 3.96. The van der Waals surface area contributed by atoms with Crippen LogP contribution in [0.2, 0.25) is 0 Å². The number of rotatable bonds is 6. The van der Waals surface area contributed by atoms with E-state index < -0.39 is 0 Å². The highest BCUT2D eigenvalue weighted by Crippen LogP contribution is 2.32. The molecule has 2 N–H and O–H groups in total. The van der Waals surface area contributed by atoms with Gasteiger partial charge in [-0.1, -0.05) is 11.6 Å². The maximum Gasteiger partial charge on any atom is 0.227 e. The molecule has 5 nitrogen and oxygen atoms in total. The molecule has 1 aliphatic heterocycles. The first-order valence-electron chi connectivity index (χ1n) is 10.7. The maximum atomic E-state index is 13.2. The van der Waals surface area contributed by atoms with E-state index in [0.29, 0.717) is 6.42 Å². The number of carbonyl (C=O) groups is 1. The van der Waals surface area contributed by atoms with Crippen LogP contribution in [0.15, 0.2) is 12.1 Å². The standard InChI is InChI=1S/C23H33N3O2/c1-15-10-16(2)23-21(11-15)20(17(3)24-23)12-22(28)26-8-7-25(13-18-4-5-18)19(14-26)6-9-27/h10-11,18-19,24,27H,4-9,12-14H2,1-3H3. The van der Waals surface area contributed by atoms with Crippen molar-refractivity contribution in [3.63, 3.8) is 0 Å². The highest BCUT2D eigenvalue weighted by molar-refractivity contribution is 5.92. The van der Waals surface area contributed by atoms with Crippen LogP contribution in [0.5, 0.6) is 0 Å². The summed E-state index contributed by atoms with van der Waals surface area (Å²) in [6, 6.07) is 4.66. The van der Waals surface area contributed by atoms with Gasteiger partial charge < -0.3 is 15.0 Å². The SMILES string of the molecule is Cc1cc(C)c2[nH]c(C)c(CC(=O)N3CCN(CC4CC4)C(CCO)C3)c2c1. The van der Waals surface area contributed by atoms with Crippen molar-refractivity contribution in [2.24, 2.45) is 5.92 Å². The monoisotopic (exact) mass is 383 g/mol. The van der Waals surface area contributed by atoms with Gasteiger partial charge in [-0.05, 0) is 63.1 Å². The van der Waals surface area contributed by atoms with E-state index in [4.69, 9.17) is 0 Å². The van der Waals surface area contributed by atoms with Crippen molar-refractivity contribution in [1.29, 1.82) is 0 Å². The zero-order valence-corrected chi connectivity index (χ0v) is 17.4. The Kier molecular flexibility index (Phi) is 5.48. The molecule has 1 saturated heterocycles. The number of carbonyl (C=O) groups excluding carboxylic acids is 1. The molecule has 1 amide bonds. The number of aliphatic hydroxyl groups is 1. The van der Waals surface area contributed by atoms with E-state index in [-0.39, 0.29) is 18.6 Å². The Morgan fingerprint density at radius 2 is 2.00 bits per heavy atom. The van der Waals surface area contributed by atoms with Gasteiger partial charge in [0.05, 0.1) is 6.42 Å². The van der Waals surface area contributed by atoms with E-state index >= 15 is 0 Å². The molecule has 1 atom stereocenters. The summed E-state index contributed by atoms with van der Waals surface area (Å²) in [7, 11) is 0. The molecule has 152 valence electrons. The van der Waals surface area contributed by atoms with Gasteiger partial charge in [0.2, 0.25) is 5.91 Å². The fourth-order valence-corrected chi connectivity index (χ4v) is 4.74. The van der Waals surface area contributed by atoms with Crippen LogP contribution in [0.4, 0.5) is 0 Å². The summed E-state index contributed by atoms with van der Waals surface area (Å²) in [5, 5.41) is 10.7. The molecule has 1 saturated carbocycles. The normalized spacial score (nSPS) is 20.9. The summed E-state index contributed by atoms with van der Waals surface area (Å²) < 4.78 is 0. The summed E-state index contributed by atoms with van der Waals surface area (Å²) in [5.74, 6) is 1.04. The molecular formula is C23H33N3O2. The van der Waals surface area contributed by atoms with Crippen LogP contribution in [0.25, 0.3) is 10.9 Å². The molecule has 1 aliphatic carbocycles. The lowest BCUT2D eigenvalue weighted by molar-refractivity contribution is -0.133. The number of benzene rings is 1. The topological polar surface area (TPSA) is 59.6 Å². The Bertz CT molecular complexity index is 868. The minimum absolute atomic E-state index is 0.188. The first-order valence-corrected chi connectivity index (χ1v) is 10.7. The van der Waals surface area contributed by atoms with Gasteiger partial charge in [-0.3, -0.25) is 9.69 Å². The lowest BCUT2D eigenvalue weighted by Gasteiger charge is -2.41. The smallest absolute Gasteiger partial charge is 0.227 e. The van der Waals surface area contributed by atoms with Crippen molar-refractivity contribution < 1.29 is 9.90 Å². The average molecular weight is 384 g/mol. The lowest BCUT2D eigenvalue weighted by atomic mass is 10.0. The van der Waals surface area contributed by atoms with E-state index in [1.54, 1.807) is 0 Å². The van der Waals surface area contributed by atoms with E-state index in [0.717, 1.165) is 55.3 Å². The predicted molar refractivity (Wildman–Crippen MR) is 113 cm³/mol. The quantitative estimate of drug-likeness (QED) is 0.806. The average Bonchev–Trinajstić information content (AvgIpc) is 3.41. The van der Waals surface area contributed by atoms with Crippen LogP contribution < -0.4 is 0 Å². The van der Waals surface area contributed by atoms with Crippen molar-refractivity contribution in [2.45, 2.75) is 52.5 Å². The van der Waals surface area contributed by atoms with Crippen molar-refractivity contribution in [3.8, 4) is 0 Å². The van der Waals surface area contributed by atoms with E-state index in [9.17, 15) is 9.90 Å². The largest absolute Gasteiger partial charge is 0.396 e. The van der Waals surface area contributed by atoms with Crippen LogP contribution in [0, 0.1) is 26.7 Å². The number of aromatic amines is 1. The fourth-order valence-electron chi connectivity index (χ4n) is 4.74. The summed E-state index contributed by atoms with van der Waals surface area (Å²) in [6.07, 6.45) is 3.87. The summed E-state index contributed by atoms with van der Waals surface area (Å²) in [6.45, 7) is 10.1. The van der Waals surface area contributed by atoms with Crippen LogP contribution in [-0.2, 0) is 11.2 Å². The van der Waals surface area contributed by atoms with Gasteiger partial charge in [0, 0.05) is 55.4 Å². The number of aryl methyl sites for hydroxylation is 3. The predicted octanol–water partition coefficient (Wildman–Crippen LogP) is 2.94. The zero-order chi connectivity index (χ0) is 19.8. The zero-order valence-electron chi connectivity index (χ0n) is 17.4. The minimum atomic E-state index is 0.188.